The van der Waals surface area contributed by atoms with Gasteiger partial charge in [-0.05, 0) is 48.8 Å². The Balaban J connectivity index is 2.25. The van der Waals surface area contributed by atoms with Gasteiger partial charge in [0.15, 0.2) is 0 Å². The fraction of sp³-hybridized carbons (Fsp3) is 0.812. The predicted molar refractivity (Wildman–Crippen MR) is 91.4 cm³/mol. The van der Waals surface area contributed by atoms with E-state index in [4.69, 9.17) is 5.73 Å². The topological polar surface area (TPSA) is 47.1 Å². The summed E-state index contributed by atoms with van der Waals surface area (Å²) in [6.45, 7) is 8.70. The Labute approximate surface area is 137 Å². The van der Waals surface area contributed by atoms with Crippen LogP contribution in [0.5, 0.6) is 0 Å². The molecule has 0 aliphatic heterocycles. The first-order valence-corrected chi connectivity index (χ1v) is 8.94. The number of nitrogens with zero attached hydrogens (tertiary/aromatic N) is 3. The average molecular weight is 357 g/mol. The maximum atomic E-state index is 6.74. The third-order valence-electron chi connectivity index (χ3n) is 5.23. The fourth-order valence-corrected chi connectivity index (χ4v) is 4.56. The summed E-state index contributed by atoms with van der Waals surface area (Å²) in [5.74, 6) is 0. The van der Waals surface area contributed by atoms with E-state index in [0.717, 1.165) is 29.7 Å². The van der Waals surface area contributed by atoms with E-state index in [2.05, 4.69) is 39.8 Å². The largest absolute Gasteiger partial charge is 0.326 e. The third kappa shape index (κ3) is 3.06. The van der Waals surface area contributed by atoms with Crippen molar-refractivity contribution in [1.82, 2.24) is 14.7 Å². The summed E-state index contributed by atoms with van der Waals surface area (Å²) in [6.07, 6.45) is 5.94. The lowest BCUT2D eigenvalue weighted by atomic mass is 9.84. The molecular weight excluding hydrogens is 328 g/mol. The first-order chi connectivity index (χ1) is 9.96. The van der Waals surface area contributed by atoms with Gasteiger partial charge in [0.2, 0.25) is 0 Å². The van der Waals surface area contributed by atoms with Gasteiger partial charge >= 0.3 is 0 Å². The number of hydrogen-bond donors (Lipinski definition) is 1. The highest BCUT2D eigenvalue weighted by molar-refractivity contribution is 9.10. The normalized spacial score (nSPS) is 19.4. The minimum atomic E-state index is 0.158. The molecule has 1 saturated carbocycles. The van der Waals surface area contributed by atoms with E-state index in [0.29, 0.717) is 0 Å². The zero-order chi connectivity index (χ0) is 15.6. The van der Waals surface area contributed by atoms with Gasteiger partial charge in [-0.1, -0.05) is 26.7 Å². The van der Waals surface area contributed by atoms with E-state index < -0.39 is 0 Å². The molecule has 1 aromatic rings. The molecule has 2 N–H and O–H groups in total. The Bertz CT molecular complexity index is 473. The van der Waals surface area contributed by atoms with E-state index in [1.54, 1.807) is 0 Å². The molecule has 0 saturated heterocycles. The summed E-state index contributed by atoms with van der Waals surface area (Å²) < 4.78 is 3.10. The molecule has 21 heavy (non-hydrogen) atoms. The van der Waals surface area contributed by atoms with Crippen LogP contribution in [0.15, 0.2) is 4.47 Å². The number of aryl methyl sites for hydroxylation is 2. The highest BCUT2D eigenvalue weighted by atomic mass is 79.9. The molecule has 4 nitrogen and oxygen atoms in total. The summed E-state index contributed by atoms with van der Waals surface area (Å²) in [7, 11) is 2.01. The molecule has 0 aromatic carbocycles. The van der Waals surface area contributed by atoms with Gasteiger partial charge in [0, 0.05) is 25.0 Å². The van der Waals surface area contributed by atoms with Crippen LogP contribution in [-0.4, -0.2) is 39.4 Å². The minimum absolute atomic E-state index is 0.158. The van der Waals surface area contributed by atoms with Crippen LogP contribution in [0.4, 0.5) is 0 Å². The maximum Gasteiger partial charge on any atom is 0.0738 e. The van der Waals surface area contributed by atoms with Crippen molar-refractivity contribution in [1.29, 1.82) is 0 Å². The zero-order valence-corrected chi connectivity index (χ0v) is 15.4. The molecule has 1 aromatic heterocycles. The van der Waals surface area contributed by atoms with Gasteiger partial charge in [-0.25, -0.2) is 0 Å². The van der Waals surface area contributed by atoms with Crippen molar-refractivity contribution in [3.05, 3.63) is 15.9 Å². The Morgan fingerprint density at radius 1 is 1.33 bits per heavy atom. The second-order valence-corrected chi connectivity index (χ2v) is 7.06. The van der Waals surface area contributed by atoms with Crippen molar-refractivity contribution < 1.29 is 0 Å². The highest BCUT2D eigenvalue weighted by Gasteiger charge is 2.43. The van der Waals surface area contributed by atoms with Crippen molar-refractivity contribution >= 4 is 15.9 Å². The van der Waals surface area contributed by atoms with Crippen LogP contribution >= 0.6 is 15.9 Å². The van der Waals surface area contributed by atoms with Crippen molar-refractivity contribution in [2.75, 3.05) is 13.1 Å². The molecule has 0 bridgehead atoms. The van der Waals surface area contributed by atoms with Crippen LogP contribution in [0.25, 0.3) is 0 Å². The van der Waals surface area contributed by atoms with Gasteiger partial charge in [-0.3, -0.25) is 9.58 Å². The molecule has 1 aliphatic rings. The SMILES string of the molecule is CCN(CC)C1(C(N)Cc2c(Br)c(C)nn2C)CCCC1. The van der Waals surface area contributed by atoms with Gasteiger partial charge in [0.1, 0.15) is 0 Å². The average Bonchev–Trinajstić information content (AvgIpc) is 3.03. The molecule has 5 heteroatoms. The molecule has 1 unspecified atom stereocenters. The Hall–Kier alpha value is -0.390. The van der Waals surface area contributed by atoms with Crippen LogP contribution in [0, 0.1) is 6.92 Å². The lowest BCUT2D eigenvalue weighted by Crippen LogP contribution is -2.59. The molecule has 120 valence electrons. The quantitative estimate of drug-likeness (QED) is 0.851. The standard InChI is InChI=1S/C16H29BrN4/c1-5-21(6-2)16(9-7-8-10-16)14(18)11-13-15(17)12(3)19-20(13)4/h14H,5-11,18H2,1-4H3. The maximum absolute atomic E-state index is 6.74. The molecule has 1 heterocycles. The minimum Gasteiger partial charge on any atom is -0.326 e. The van der Waals surface area contributed by atoms with Crippen molar-refractivity contribution in [2.45, 2.75) is 64.5 Å². The third-order valence-corrected chi connectivity index (χ3v) is 6.26. The Morgan fingerprint density at radius 2 is 1.90 bits per heavy atom. The van der Waals surface area contributed by atoms with Gasteiger partial charge < -0.3 is 5.73 Å². The second-order valence-electron chi connectivity index (χ2n) is 6.26. The Morgan fingerprint density at radius 3 is 2.33 bits per heavy atom. The summed E-state index contributed by atoms with van der Waals surface area (Å²) in [4.78, 5) is 2.59. The predicted octanol–water partition coefficient (Wildman–Crippen LogP) is 3.02. The number of nitrogens with two attached hydrogens (primary N) is 1. The molecular formula is C16H29BrN4. The molecule has 1 atom stereocenters. The lowest BCUT2D eigenvalue weighted by Gasteiger charge is -2.45. The second kappa shape index (κ2) is 6.80. The number of likely N-dealkylation sites (N-methyl/N-ethyl adjacent to an activating group) is 1. The fourth-order valence-electron chi connectivity index (χ4n) is 4.06. The van der Waals surface area contributed by atoms with Crippen molar-refractivity contribution in [2.24, 2.45) is 12.8 Å². The first kappa shape index (κ1) is 17.0. The van der Waals surface area contributed by atoms with Gasteiger partial charge in [-0.2, -0.15) is 5.10 Å². The molecule has 2 rings (SSSR count). The van der Waals surface area contributed by atoms with Gasteiger partial charge in [-0.15, -0.1) is 0 Å². The van der Waals surface area contributed by atoms with E-state index in [-0.39, 0.29) is 11.6 Å². The number of halogens is 1. The van der Waals surface area contributed by atoms with Crippen molar-refractivity contribution in [3.63, 3.8) is 0 Å². The van der Waals surface area contributed by atoms with Crippen molar-refractivity contribution in [3.8, 4) is 0 Å². The molecule has 1 aliphatic carbocycles. The molecule has 0 amide bonds. The molecule has 0 spiro atoms. The smallest absolute Gasteiger partial charge is 0.0738 e. The number of hydrogen-bond acceptors (Lipinski definition) is 3. The zero-order valence-electron chi connectivity index (χ0n) is 13.8. The monoisotopic (exact) mass is 356 g/mol. The highest BCUT2D eigenvalue weighted by Crippen LogP contribution is 2.39. The van der Waals surface area contributed by atoms with Crippen LogP contribution in [0.1, 0.15) is 50.9 Å². The van der Waals surface area contributed by atoms with Gasteiger partial charge in [0.05, 0.1) is 15.9 Å². The lowest BCUT2D eigenvalue weighted by molar-refractivity contribution is 0.0765. The van der Waals surface area contributed by atoms with Crippen LogP contribution < -0.4 is 5.73 Å². The van der Waals surface area contributed by atoms with Crippen LogP contribution in [0.3, 0.4) is 0 Å². The van der Waals surface area contributed by atoms with E-state index in [1.165, 1.54) is 31.4 Å². The summed E-state index contributed by atoms with van der Waals surface area (Å²) in [6, 6.07) is 0.158. The number of rotatable bonds is 6. The van der Waals surface area contributed by atoms with Gasteiger partial charge in [0.25, 0.3) is 0 Å². The molecule has 1 fully saturated rings. The van der Waals surface area contributed by atoms with E-state index in [1.807, 2.05) is 18.7 Å². The van der Waals surface area contributed by atoms with E-state index >= 15 is 0 Å². The summed E-state index contributed by atoms with van der Waals surface area (Å²) >= 11 is 3.67. The number of aromatic nitrogens is 2. The van der Waals surface area contributed by atoms with Crippen LogP contribution in [0.2, 0.25) is 0 Å². The molecule has 0 radical (unpaired) electrons. The first-order valence-electron chi connectivity index (χ1n) is 8.14. The summed E-state index contributed by atoms with van der Waals surface area (Å²) in [5, 5.41) is 4.50. The van der Waals surface area contributed by atoms with E-state index in [9.17, 15) is 0 Å². The Kier molecular flexibility index (Phi) is 5.49. The summed E-state index contributed by atoms with van der Waals surface area (Å²) in [5.41, 5.74) is 9.17. The van der Waals surface area contributed by atoms with Crippen LogP contribution in [-0.2, 0) is 13.5 Å².